The first-order chi connectivity index (χ1) is 9.68. The summed E-state index contributed by atoms with van der Waals surface area (Å²) in [6, 6.07) is 8.00. The van der Waals surface area contributed by atoms with Gasteiger partial charge in [-0.25, -0.2) is 0 Å². The van der Waals surface area contributed by atoms with E-state index in [-0.39, 0.29) is 5.96 Å². The molecule has 0 aliphatic carbocycles. The molecule has 1 aromatic carbocycles. The summed E-state index contributed by atoms with van der Waals surface area (Å²) in [7, 11) is 0. The Kier molecular flexibility index (Phi) is 3.48. The molecule has 0 amide bonds. The lowest BCUT2D eigenvalue weighted by molar-refractivity contribution is 0.781. The fourth-order valence-corrected chi connectivity index (χ4v) is 3.02. The molecule has 0 bridgehead atoms. The molecule has 4 N–H and O–H groups in total. The zero-order valence-electron chi connectivity index (χ0n) is 11.0. The Labute approximate surface area is 125 Å². The van der Waals surface area contributed by atoms with Crippen molar-refractivity contribution in [3.63, 3.8) is 0 Å². The molecule has 6 heteroatoms. The molecule has 0 spiro atoms. The van der Waals surface area contributed by atoms with Crippen molar-refractivity contribution in [1.82, 2.24) is 9.78 Å². The summed E-state index contributed by atoms with van der Waals surface area (Å²) in [5, 5.41) is 15.6. The van der Waals surface area contributed by atoms with Crippen molar-refractivity contribution in [2.24, 2.45) is 5.73 Å². The molecule has 2 aromatic rings. The maximum absolute atomic E-state index is 7.70. The number of nitrogens with one attached hydrogen (secondary N) is 2. The average molecular weight is 334 g/mol. The van der Waals surface area contributed by atoms with Crippen molar-refractivity contribution in [3.05, 3.63) is 34.3 Å². The third-order valence-electron chi connectivity index (χ3n) is 3.49. The number of nitrogens with zero attached hydrogens (tertiary/aromatic N) is 2. The molecular weight excluding hydrogens is 318 g/mol. The molecule has 1 aliphatic heterocycles. The van der Waals surface area contributed by atoms with Gasteiger partial charge in [0.15, 0.2) is 0 Å². The Balaban J connectivity index is 2.21. The van der Waals surface area contributed by atoms with Crippen LogP contribution in [0.1, 0.15) is 18.4 Å². The van der Waals surface area contributed by atoms with Crippen LogP contribution in [-0.2, 0) is 6.42 Å². The molecular formula is C14H16BrN5. The third kappa shape index (κ3) is 2.20. The smallest absolute Gasteiger partial charge is 0.215 e. The molecule has 2 heterocycles. The molecule has 0 radical (unpaired) electrons. The lowest BCUT2D eigenvalue weighted by Gasteiger charge is -2.06. The first-order valence-corrected chi connectivity index (χ1v) is 7.43. The van der Waals surface area contributed by atoms with E-state index in [0.717, 1.165) is 52.9 Å². The first-order valence-electron chi connectivity index (χ1n) is 6.63. The van der Waals surface area contributed by atoms with Crippen LogP contribution in [0.25, 0.3) is 11.3 Å². The van der Waals surface area contributed by atoms with Gasteiger partial charge < -0.3 is 11.1 Å². The Morgan fingerprint density at radius 2 is 2.15 bits per heavy atom. The van der Waals surface area contributed by atoms with Crippen molar-refractivity contribution >= 4 is 27.7 Å². The molecule has 20 heavy (non-hydrogen) atoms. The third-order valence-corrected chi connectivity index (χ3v) is 4.18. The zero-order chi connectivity index (χ0) is 14.1. The normalized spacial score (nSPS) is 14.2. The number of benzene rings is 1. The summed E-state index contributed by atoms with van der Waals surface area (Å²) < 4.78 is 2.50. The van der Waals surface area contributed by atoms with E-state index in [1.165, 1.54) is 4.68 Å². The van der Waals surface area contributed by atoms with Crippen LogP contribution in [0.5, 0.6) is 0 Å². The monoisotopic (exact) mass is 333 g/mol. The Morgan fingerprint density at radius 3 is 2.90 bits per heavy atom. The number of anilines is 1. The SMILES string of the molecule is N=C(N)n1nc(-c2ccccc2Br)c2c1NCCCC2. The quantitative estimate of drug-likeness (QED) is 0.554. The van der Waals surface area contributed by atoms with Gasteiger partial charge in [0, 0.05) is 22.1 Å². The highest BCUT2D eigenvalue weighted by Gasteiger charge is 2.22. The average Bonchev–Trinajstić information content (AvgIpc) is 2.63. The molecule has 0 unspecified atom stereocenters. The lowest BCUT2D eigenvalue weighted by Crippen LogP contribution is -2.24. The van der Waals surface area contributed by atoms with E-state index in [0.29, 0.717) is 0 Å². The molecule has 104 valence electrons. The van der Waals surface area contributed by atoms with Crippen molar-refractivity contribution in [2.45, 2.75) is 19.3 Å². The van der Waals surface area contributed by atoms with Crippen LogP contribution in [0.4, 0.5) is 5.82 Å². The second kappa shape index (κ2) is 5.28. The summed E-state index contributed by atoms with van der Waals surface area (Å²) in [4.78, 5) is 0. The van der Waals surface area contributed by atoms with Gasteiger partial charge in [0.2, 0.25) is 5.96 Å². The minimum absolute atomic E-state index is 0.0612. The van der Waals surface area contributed by atoms with E-state index in [1.54, 1.807) is 0 Å². The van der Waals surface area contributed by atoms with Crippen molar-refractivity contribution in [2.75, 3.05) is 11.9 Å². The number of rotatable bonds is 1. The summed E-state index contributed by atoms with van der Waals surface area (Å²) in [6.07, 6.45) is 3.18. The van der Waals surface area contributed by atoms with Gasteiger partial charge in [-0.3, -0.25) is 5.41 Å². The number of hydrogen-bond acceptors (Lipinski definition) is 3. The van der Waals surface area contributed by atoms with Crippen LogP contribution in [0.2, 0.25) is 0 Å². The maximum atomic E-state index is 7.70. The summed E-state index contributed by atoms with van der Waals surface area (Å²) >= 11 is 3.57. The molecule has 5 nitrogen and oxygen atoms in total. The fraction of sp³-hybridized carbons (Fsp3) is 0.286. The number of halogens is 1. The Hall–Kier alpha value is -1.82. The van der Waals surface area contributed by atoms with Crippen molar-refractivity contribution < 1.29 is 0 Å². The van der Waals surface area contributed by atoms with Crippen LogP contribution >= 0.6 is 15.9 Å². The highest BCUT2D eigenvalue weighted by atomic mass is 79.9. The number of nitrogens with two attached hydrogens (primary N) is 1. The van der Waals surface area contributed by atoms with E-state index in [4.69, 9.17) is 11.1 Å². The van der Waals surface area contributed by atoms with Gasteiger partial charge in [0.1, 0.15) is 5.82 Å². The fourth-order valence-electron chi connectivity index (χ4n) is 2.55. The second-order valence-electron chi connectivity index (χ2n) is 4.84. The molecule has 0 saturated carbocycles. The maximum Gasteiger partial charge on any atom is 0.215 e. The Morgan fingerprint density at radius 1 is 1.35 bits per heavy atom. The zero-order valence-corrected chi connectivity index (χ0v) is 12.6. The van der Waals surface area contributed by atoms with Crippen LogP contribution in [0.15, 0.2) is 28.7 Å². The van der Waals surface area contributed by atoms with E-state index in [9.17, 15) is 0 Å². The first kappa shape index (κ1) is 13.2. The molecule has 0 atom stereocenters. The van der Waals surface area contributed by atoms with Crippen LogP contribution in [-0.4, -0.2) is 22.3 Å². The molecule has 3 rings (SSSR count). The number of aromatic nitrogens is 2. The van der Waals surface area contributed by atoms with Gasteiger partial charge in [-0.1, -0.05) is 34.1 Å². The van der Waals surface area contributed by atoms with Crippen LogP contribution in [0, 0.1) is 5.41 Å². The second-order valence-corrected chi connectivity index (χ2v) is 5.69. The van der Waals surface area contributed by atoms with Crippen LogP contribution < -0.4 is 11.1 Å². The summed E-state index contributed by atoms with van der Waals surface area (Å²) in [6.45, 7) is 0.890. The largest absolute Gasteiger partial charge is 0.370 e. The minimum Gasteiger partial charge on any atom is -0.370 e. The van der Waals surface area contributed by atoms with E-state index < -0.39 is 0 Å². The van der Waals surface area contributed by atoms with Gasteiger partial charge in [0.05, 0.1) is 5.69 Å². The lowest BCUT2D eigenvalue weighted by atomic mass is 10.0. The molecule has 1 aliphatic rings. The van der Waals surface area contributed by atoms with Gasteiger partial charge in [-0.15, -0.1) is 0 Å². The highest BCUT2D eigenvalue weighted by Crippen LogP contribution is 2.35. The van der Waals surface area contributed by atoms with Crippen LogP contribution in [0.3, 0.4) is 0 Å². The van der Waals surface area contributed by atoms with Gasteiger partial charge >= 0.3 is 0 Å². The number of nitrogen functional groups attached to an aromatic ring is 1. The molecule has 0 saturated heterocycles. The summed E-state index contributed by atoms with van der Waals surface area (Å²) in [5.74, 6) is 0.801. The number of hydrogen-bond donors (Lipinski definition) is 3. The van der Waals surface area contributed by atoms with E-state index >= 15 is 0 Å². The van der Waals surface area contributed by atoms with Gasteiger partial charge in [0.25, 0.3) is 0 Å². The van der Waals surface area contributed by atoms with Gasteiger partial charge in [-0.2, -0.15) is 9.78 Å². The summed E-state index contributed by atoms with van der Waals surface area (Å²) in [5.41, 5.74) is 8.73. The van der Waals surface area contributed by atoms with E-state index in [2.05, 4.69) is 26.3 Å². The Bertz CT molecular complexity index is 662. The standard InChI is InChI=1S/C14H16BrN5/c15-11-7-2-1-5-9(11)12-10-6-3-4-8-18-13(10)20(19-12)14(16)17/h1-2,5,7,18H,3-4,6,8H2,(H3,16,17). The number of fused-ring (bicyclic) bond motifs is 1. The van der Waals surface area contributed by atoms with Gasteiger partial charge in [-0.05, 0) is 25.3 Å². The minimum atomic E-state index is -0.0612. The predicted octanol–water partition coefficient (Wildman–Crippen LogP) is 2.80. The van der Waals surface area contributed by atoms with Crippen molar-refractivity contribution in [3.8, 4) is 11.3 Å². The highest BCUT2D eigenvalue weighted by molar-refractivity contribution is 9.10. The van der Waals surface area contributed by atoms with Crippen molar-refractivity contribution in [1.29, 1.82) is 5.41 Å². The topological polar surface area (TPSA) is 79.7 Å². The molecule has 1 aromatic heterocycles. The predicted molar refractivity (Wildman–Crippen MR) is 84.1 cm³/mol. The molecule has 0 fully saturated rings. The van der Waals surface area contributed by atoms with E-state index in [1.807, 2.05) is 24.3 Å².